The second-order valence-electron chi connectivity index (χ2n) is 6.32. The lowest BCUT2D eigenvalue weighted by Gasteiger charge is -2.11. The van der Waals surface area contributed by atoms with Crippen molar-refractivity contribution in [3.63, 3.8) is 0 Å². The van der Waals surface area contributed by atoms with Crippen molar-refractivity contribution in [3.8, 4) is 0 Å². The Kier molecular flexibility index (Phi) is 5.13. The lowest BCUT2D eigenvalue weighted by Crippen LogP contribution is -2.23. The van der Waals surface area contributed by atoms with Gasteiger partial charge >= 0.3 is 0 Å². The second-order valence-corrected chi connectivity index (χ2v) is 7.43. The van der Waals surface area contributed by atoms with Crippen LogP contribution in [0.4, 0.5) is 0 Å². The third-order valence-electron chi connectivity index (χ3n) is 3.89. The summed E-state index contributed by atoms with van der Waals surface area (Å²) in [4.78, 5) is 18.4. The Labute approximate surface area is 140 Å². The van der Waals surface area contributed by atoms with E-state index in [1.807, 2.05) is 24.7 Å². The minimum atomic E-state index is -0.0310. The summed E-state index contributed by atoms with van der Waals surface area (Å²) >= 11 is 1.53. The molecule has 1 N–H and O–H groups in total. The van der Waals surface area contributed by atoms with Gasteiger partial charge in [-0.15, -0.1) is 11.3 Å². The van der Waals surface area contributed by atoms with Crippen molar-refractivity contribution < 1.29 is 9.53 Å². The molecule has 1 amide bonds. The van der Waals surface area contributed by atoms with Crippen molar-refractivity contribution in [3.05, 3.63) is 40.1 Å². The van der Waals surface area contributed by atoms with E-state index < -0.39 is 0 Å². The van der Waals surface area contributed by atoms with Gasteiger partial charge in [-0.1, -0.05) is 13.8 Å². The average Bonchev–Trinajstić information content (AvgIpc) is 3.25. The topological polar surface area (TPSA) is 56.2 Å². The van der Waals surface area contributed by atoms with Crippen molar-refractivity contribution in [2.45, 2.75) is 45.9 Å². The van der Waals surface area contributed by atoms with Crippen LogP contribution >= 0.6 is 11.3 Å². The molecule has 1 aliphatic heterocycles. The molecule has 0 saturated carbocycles. The van der Waals surface area contributed by atoms with Gasteiger partial charge in [0.15, 0.2) is 0 Å². The van der Waals surface area contributed by atoms with Crippen LogP contribution in [0.1, 0.15) is 53.0 Å². The number of carbonyl (C=O) groups excluding carboxylic acids is 1. The van der Waals surface area contributed by atoms with E-state index in [1.54, 1.807) is 0 Å². The standard InChI is InChI=1S/C17H23N3O2S/c1-12(2)10-20-11-18-8-13(20)9-19-17(21)16-6-5-15(23-16)14-4-3-7-22-14/h5-6,8,11-12,14H,3-4,7,9-10H2,1-2H3,(H,19,21). The number of rotatable bonds is 6. The molecular formula is C17H23N3O2S. The molecule has 1 fully saturated rings. The lowest BCUT2D eigenvalue weighted by molar-refractivity contribution is 0.0954. The van der Waals surface area contributed by atoms with Gasteiger partial charge in [0.05, 0.1) is 29.5 Å². The summed E-state index contributed by atoms with van der Waals surface area (Å²) in [6.07, 6.45) is 5.96. The van der Waals surface area contributed by atoms with E-state index in [9.17, 15) is 4.79 Å². The fourth-order valence-corrected chi connectivity index (χ4v) is 3.77. The minimum absolute atomic E-state index is 0.0310. The van der Waals surface area contributed by atoms with E-state index in [-0.39, 0.29) is 12.0 Å². The molecule has 1 aliphatic rings. The van der Waals surface area contributed by atoms with Crippen molar-refractivity contribution in [1.82, 2.24) is 14.9 Å². The van der Waals surface area contributed by atoms with Crippen LogP contribution in [0.25, 0.3) is 0 Å². The van der Waals surface area contributed by atoms with Crippen LogP contribution in [0.3, 0.4) is 0 Å². The third kappa shape index (κ3) is 4.00. The van der Waals surface area contributed by atoms with E-state index in [0.29, 0.717) is 12.5 Å². The maximum absolute atomic E-state index is 12.3. The van der Waals surface area contributed by atoms with Gasteiger partial charge in [-0.05, 0) is 30.9 Å². The Morgan fingerprint density at radius 3 is 3.13 bits per heavy atom. The Bertz CT molecular complexity index is 656. The Morgan fingerprint density at radius 1 is 1.52 bits per heavy atom. The van der Waals surface area contributed by atoms with Gasteiger partial charge in [-0.25, -0.2) is 4.98 Å². The average molecular weight is 333 g/mol. The number of hydrogen-bond acceptors (Lipinski definition) is 4. The minimum Gasteiger partial charge on any atom is -0.373 e. The molecule has 5 nitrogen and oxygen atoms in total. The maximum Gasteiger partial charge on any atom is 0.261 e. The first-order chi connectivity index (χ1) is 11.1. The third-order valence-corrected chi connectivity index (χ3v) is 5.06. The first kappa shape index (κ1) is 16.2. The van der Waals surface area contributed by atoms with Crippen LogP contribution in [0.5, 0.6) is 0 Å². The molecule has 0 bridgehead atoms. The molecule has 2 aromatic heterocycles. The summed E-state index contributed by atoms with van der Waals surface area (Å²) in [5, 5.41) is 2.99. The highest BCUT2D eigenvalue weighted by molar-refractivity contribution is 7.14. The SMILES string of the molecule is CC(C)Cn1cncc1CNC(=O)c1ccc(C2CCCO2)s1. The molecule has 0 aromatic carbocycles. The molecular weight excluding hydrogens is 310 g/mol. The summed E-state index contributed by atoms with van der Waals surface area (Å²) < 4.78 is 7.77. The normalized spacial score (nSPS) is 17.8. The zero-order valence-corrected chi connectivity index (χ0v) is 14.4. The number of carbonyl (C=O) groups is 1. The zero-order valence-electron chi connectivity index (χ0n) is 13.6. The molecule has 23 heavy (non-hydrogen) atoms. The number of nitrogens with zero attached hydrogens (tertiary/aromatic N) is 2. The van der Waals surface area contributed by atoms with Crippen molar-refractivity contribution in [2.75, 3.05) is 6.61 Å². The van der Waals surface area contributed by atoms with Crippen molar-refractivity contribution >= 4 is 17.2 Å². The van der Waals surface area contributed by atoms with Gasteiger partial charge in [-0.3, -0.25) is 4.79 Å². The van der Waals surface area contributed by atoms with Gasteiger partial charge in [0.1, 0.15) is 0 Å². The molecule has 3 heterocycles. The zero-order chi connectivity index (χ0) is 16.2. The molecule has 1 unspecified atom stereocenters. The van der Waals surface area contributed by atoms with Crippen LogP contribution in [0, 0.1) is 5.92 Å². The van der Waals surface area contributed by atoms with Gasteiger partial charge in [-0.2, -0.15) is 0 Å². The summed E-state index contributed by atoms with van der Waals surface area (Å²) in [7, 11) is 0. The van der Waals surface area contributed by atoms with E-state index in [1.165, 1.54) is 11.3 Å². The van der Waals surface area contributed by atoms with E-state index >= 15 is 0 Å². The van der Waals surface area contributed by atoms with Gasteiger partial charge in [0, 0.05) is 24.2 Å². The van der Waals surface area contributed by atoms with Crippen LogP contribution in [-0.4, -0.2) is 22.1 Å². The highest BCUT2D eigenvalue weighted by Crippen LogP contribution is 2.33. The number of imidazole rings is 1. The number of amides is 1. The summed E-state index contributed by atoms with van der Waals surface area (Å²) in [5.74, 6) is 0.515. The largest absolute Gasteiger partial charge is 0.373 e. The second kappa shape index (κ2) is 7.27. The van der Waals surface area contributed by atoms with Crippen molar-refractivity contribution in [1.29, 1.82) is 0 Å². The Hall–Kier alpha value is -1.66. The van der Waals surface area contributed by atoms with Gasteiger partial charge in [0.25, 0.3) is 5.91 Å². The van der Waals surface area contributed by atoms with Crippen LogP contribution in [0.2, 0.25) is 0 Å². The fourth-order valence-electron chi connectivity index (χ4n) is 2.76. The number of hydrogen-bond donors (Lipinski definition) is 1. The monoisotopic (exact) mass is 333 g/mol. The maximum atomic E-state index is 12.3. The van der Waals surface area contributed by atoms with Gasteiger partial charge < -0.3 is 14.6 Å². The number of aromatic nitrogens is 2. The van der Waals surface area contributed by atoms with Crippen LogP contribution < -0.4 is 5.32 Å². The highest BCUT2D eigenvalue weighted by Gasteiger charge is 2.20. The molecule has 0 radical (unpaired) electrons. The van der Waals surface area contributed by atoms with E-state index in [0.717, 1.165) is 41.4 Å². The molecule has 6 heteroatoms. The number of ether oxygens (including phenoxy) is 1. The summed E-state index contributed by atoms with van der Waals surface area (Å²) in [5.41, 5.74) is 1.03. The molecule has 0 spiro atoms. The predicted molar refractivity (Wildman–Crippen MR) is 90.5 cm³/mol. The lowest BCUT2D eigenvalue weighted by atomic mass is 10.2. The predicted octanol–water partition coefficient (Wildman–Crippen LogP) is 3.38. The van der Waals surface area contributed by atoms with Gasteiger partial charge in [0.2, 0.25) is 0 Å². The molecule has 2 aromatic rings. The molecule has 0 aliphatic carbocycles. The molecule has 1 saturated heterocycles. The first-order valence-electron chi connectivity index (χ1n) is 8.12. The summed E-state index contributed by atoms with van der Waals surface area (Å²) in [6, 6.07) is 3.90. The van der Waals surface area contributed by atoms with Crippen LogP contribution in [0.15, 0.2) is 24.7 Å². The molecule has 1 atom stereocenters. The summed E-state index contributed by atoms with van der Waals surface area (Å²) in [6.45, 7) is 6.57. The quantitative estimate of drug-likeness (QED) is 0.881. The first-order valence-corrected chi connectivity index (χ1v) is 8.93. The molecule has 124 valence electrons. The van der Waals surface area contributed by atoms with E-state index in [2.05, 4.69) is 28.7 Å². The number of thiophene rings is 1. The molecule has 3 rings (SSSR count). The fraction of sp³-hybridized carbons (Fsp3) is 0.529. The smallest absolute Gasteiger partial charge is 0.261 e. The highest BCUT2D eigenvalue weighted by atomic mass is 32.1. The number of nitrogens with one attached hydrogen (secondary N) is 1. The van der Waals surface area contributed by atoms with E-state index in [4.69, 9.17) is 4.74 Å². The Balaban J connectivity index is 1.58. The Morgan fingerprint density at radius 2 is 2.39 bits per heavy atom. The van der Waals surface area contributed by atoms with Crippen molar-refractivity contribution in [2.24, 2.45) is 5.92 Å². The van der Waals surface area contributed by atoms with Crippen LogP contribution in [-0.2, 0) is 17.8 Å².